The lowest BCUT2D eigenvalue weighted by molar-refractivity contribution is 0.669. The van der Waals surface area contributed by atoms with E-state index >= 15 is 0 Å². The molecule has 2 heterocycles. The average Bonchev–Trinajstić information content (AvgIpc) is 3.33. The minimum atomic E-state index is 0.493. The number of nitrogens with zero attached hydrogens (tertiary/aromatic N) is 4. The lowest BCUT2D eigenvalue weighted by atomic mass is 10.1. The Balaban J connectivity index is 1.46. The minimum absolute atomic E-state index is 0.493. The molecular formula is C21H17N5S. The molecule has 0 bridgehead atoms. The molecule has 4 aromatic rings. The Morgan fingerprint density at radius 2 is 1.93 bits per heavy atom. The third-order valence-electron chi connectivity index (χ3n) is 4.86. The van der Waals surface area contributed by atoms with Crippen LogP contribution in [0.25, 0.3) is 22.3 Å². The van der Waals surface area contributed by atoms with Crippen molar-refractivity contribution in [2.24, 2.45) is 0 Å². The second-order valence-electron chi connectivity index (χ2n) is 6.75. The number of nitrogens with one attached hydrogen (secondary N) is 1. The van der Waals surface area contributed by atoms with E-state index in [1.54, 1.807) is 11.8 Å². The first kappa shape index (κ1) is 16.2. The van der Waals surface area contributed by atoms with Crippen LogP contribution in [0.2, 0.25) is 0 Å². The fourth-order valence-electron chi connectivity index (χ4n) is 3.30. The summed E-state index contributed by atoms with van der Waals surface area (Å²) in [7, 11) is 0. The number of H-pyrrole nitrogens is 1. The maximum absolute atomic E-state index is 8.93. The number of aromatic amines is 1. The van der Waals surface area contributed by atoms with E-state index in [4.69, 9.17) is 5.26 Å². The van der Waals surface area contributed by atoms with Crippen LogP contribution < -0.4 is 0 Å². The van der Waals surface area contributed by atoms with Crippen LogP contribution in [0.5, 0.6) is 0 Å². The van der Waals surface area contributed by atoms with Crippen LogP contribution in [0, 0.1) is 11.3 Å². The topological polar surface area (TPSA) is 70.3 Å². The van der Waals surface area contributed by atoms with Gasteiger partial charge in [-0.25, -0.2) is 0 Å². The highest BCUT2D eigenvalue weighted by molar-refractivity contribution is 7.98. The van der Waals surface area contributed by atoms with Gasteiger partial charge < -0.3 is 4.98 Å². The number of hydrogen-bond donors (Lipinski definition) is 1. The molecule has 0 spiro atoms. The molecule has 1 aliphatic carbocycles. The molecule has 1 N–H and O–H groups in total. The highest BCUT2D eigenvalue weighted by atomic mass is 32.2. The zero-order valence-corrected chi connectivity index (χ0v) is 15.4. The summed E-state index contributed by atoms with van der Waals surface area (Å²) in [4.78, 5) is 3.34. The van der Waals surface area contributed by atoms with Gasteiger partial charge in [0.05, 0.1) is 11.6 Å². The molecule has 6 heteroatoms. The summed E-state index contributed by atoms with van der Waals surface area (Å²) >= 11 is 1.70. The number of aromatic nitrogens is 4. The van der Waals surface area contributed by atoms with E-state index in [9.17, 15) is 0 Å². The molecule has 1 fully saturated rings. The molecule has 0 saturated heterocycles. The Bertz CT molecular complexity index is 1150. The highest BCUT2D eigenvalue weighted by Gasteiger charge is 2.30. The van der Waals surface area contributed by atoms with Crippen molar-refractivity contribution < 1.29 is 0 Å². The largest absolute Gasteiger partial charge is 0.360 e. The van der Waals surface area contributed by atoms with Gasteiger partial charge in [-0.15, -0.1) is 10.2 Å². The standard InChI is InChI=1S/C21H17N5S/c22-11-14-5-7-15(8-6-14)13-27-21-25-24-20(26(21)16-9-10-16)18-12-23-19-4-2-1-3-17(18)19/h1-8,12,16,23H,9-10,13H2. The second kappa shape index (κ2) is 6.60. The first-order valence-corrected chi connectivity index (χ1v) is 9.95. The molecule has 27 heavy (non-hydrogen) atoms. The van der Waals surface area contributed by atoms with Gasteiger partial charge in [0.15, 0.2) is 11.0 Å². The average molecular weight is 371 g/mol. The summed E-state index contributed by atoms with van der Waals surface area (Å²) < 4.78 is 2.30. The number of thioether (sulfide) groups is 1. The van der Waals surface area contributed by atoms with Crippen molar-refractivity contribution >= 4 is 22.7 Å². The zero-order valence-electron chi connectivity index (χ0n) is 14.6. The SMILES string of the molecule is N#Cc1ccc(CSc2nnc(-c3c[nH]c4ccccc34)n2C2CC2)cc1. The zero-order chi connectivity index (χ0) is 18.2. The molecule has 0 amide bonds. The number of nitriles is 1. The molecule has 1 saturated carbocycles. The van der Waals surface area contributed by atoms with E-state index in [-0.39, 0.29) is 0 Å². The van der Waals surface area contributed by atoms with Crippen molar-refractivity contribution in [1.29, 1.82) is 5.26 Å². The predicted octanol–water partition coefficient (Wildman–Crippen LogP) is 4.93. The van der Waals surface area contributed by atoms with Gasteiger partial charge in [-0.3, -0.25) is 4.57 Å². The van der Waals surface area contributed by atoms with Crippen LogP contribution in [0.3, 0.4) is 0 Å². The van der Waals surface area contributed by atoms with Gasteiger partial charge in [0, 0.05) is 34.5 Å². The fraction of sp³-hybridized carbons (Fsp3) is 0.190. The summed E-state index contributed by atoms with van der Waals surface area (Å²) in [5, 5.41) is 20.1. The van der Waals surface area contributed by atoms with Crippen LogP contribution in [-0.4, -0.2) is 19.7 Å². The molecule has 0 unspecified atom stereocenters. The van der Waals surface area contributed by atoms with Crippen LogP contribution in [0.15, 0.2) is 59.9 Å². The maximum Gasteiger partial charge on any atom is 0.192 e. The molecular weight excluding hydrogens is 354 g/mol. The molecule has 132 valence electrons. The summed E-state index contributed by atoms with van der Waals surface area (Å²) in [6, 6.07) is 18.7. The summed E-state index contributed by atoms with van der Waals surface area (Å²) in [5.41, 5.74) is 4.09. The van der Waals surface area contributed by atoms with Gasteiger partial charge in [-0.2, -0.15) is 5.26 Å². The first-order chi connectivity index (χ1) is 13.3. The van der Waals surface area contributed by atoms with E-state index in [0.29, 0.717) is 11.6 Å². The molecule has 1 aliphatic rings. The highest BCUT2D eigenvalue weighted by Crippen LogP contribution is 2.42. The van der Waals surface area contributed by atoms with E-state index in [2.05, 4.69) is 44.0 Å². The Morgan fingerprint density at radius 1 is 1.11 bits per heavy atom. The van der Waals surface area contributed by atoms with Crippen molar-refractivity contribution in [2.75, 3.05) is 0 Å². The predicted molar refractivity (Wildman–Crippen MR) is 106 cm³/mol. The van der Waals surface area contributed by atoms with Crippen molar-refractivity contribution in [2.45, 2.75) is 29.8 Å². The maximum atomic E-state index is 8.93. The van der Waals surface area contributed by atoms with Crippen molar-refractivity contribution in [3.8, 4) is 17.5 Å². The minimum Gasteiger partial charge on any atom is -0.360 e. The van der Waals surface area contributed by atoms with Gasteiger partial charge in [0.1, 0.15) is 0 Å². The van der Waals surface area contributed by atoms with Crippen LogP contribution in [0.4, 0.5) is 0 Å². The van der Waals surface area contributed by atoms with Gasteiger partial charge in [0.25, 0.3) is 0 Å². The second-order valence-corrected chi connectivity index (χ2v) is 7.70. The van der Waals surface area contributed by atoms with Crippen LogP contribution >= 0.6 is 11.8 Å². The van der Waals surface area contributed by atoms with Gasteiger partial charge >= 0.3 is 0 Å². The molecule has 2 aromatic carbocycles. The number of fused-ring (bicyclic) bond motifs is 1. The Kier molecular flexibility index (Phi) is 3.95. The molecule has 5 rings (SSSR count). The summed E-state index contributed by atoms with van der Waals surface area (Å²) in [5.74, 6) is 1.75. The quantitative estimate of drug-likeness (QED) is 0.505. The van der Waals surface area contributed by atoms with E-state index in [0.717, 1.165) is 27.8 Å². The molecule has 2 aromatic heterocycles. The Morgan fingerprint density at radius 3 is 2.70 bits per heavy atom. The van der Waals surface area contributed by atoms with Crippen molar-refractivity contribution in [3.63, 3.8) is 0 Å². The smallest absolute Gasteiger partial charge is 0.192 e. The fourth-order valence-corrected chi connectivity index (χ4v) is 4.26. The van der Waals surface area contributed by atoms with Crippen molar-refractivity contribution in [3.05, 3.63) is 65.9 Å². The van der Waals surface area contributed by atoms with Gasteiger partial charge in [-0.1, -0.05) is 42.1 Å². The molecule has 0 atom stereocenters. The molecule has 5 nitrogen and oxygen atoms in total. The normalized spacial score (nSPS) is 13.7. The summed E-state index contributed by atoms with van der Waals surface area (Å²) in [6.07, 6.45) is 4.39. The number of para-hydroxylation sites is 1. The van der Waals surface area contributed by atoms with Crippen LogP contribution in [0.1, 0.15) is 30.0 Å². The Hall–Kier alpha value is -3.04. The first-order valence-electron chi connectivity index (χ1n) is 8.97. The van der Waals surface area contributed by atoms with Gasteiger partial charge in [0.2, 0.25) is 0 Å². The van der Waals surface area contributed by atoms with E-state index < -0.39 is 0 Å². The monoisotopic (exact) mass is 371 g/mol. The van der Waals surface area contributed by atoms with E-state index in [1.807, 2.05) is 36.5 Å². The lowest BCUT2D eigenvalue weighted by Gasteiger charge is -2.08. The number of benzene rings is 2. The third kappa shape index (κ3) is 3.00. The van der Waals surface area contributed by atoms with Crippen LogP contribution in [-0.2, 0) is 5.75 Å². The molecule has 0 radical (unpaired) electrons. The lowest BCUT2D eigenvalue weighted by Crippen LogP contribution is -1.99. The van der Waals surface area contributed by atoms with Crippen molar-refractivity contribution in [1.82, 2.24) is 19.7 Å². The third-order valence-corrected chi connectivity index (χ3v) is 5.87. The summed E-state index contributed by atoms with van der Waals surface area (Å²) in [6.45, 7) is 0. The molecule has 0 aliphatic heterocycles. The Labute approximate surface area is 161 Å². The number of rotatable bonds is 5. The van der Waals surface area contributed by atoms with E-state index in [1.165, 1.54) is 23.8 Å². The number of hydrogen-bond acceptors (Lipinski definition) is 4. The van der Waals surface area contributed by atoms with Gasteiger partial charge in [-0.05, 0) is 36.6 Å².